The third-order valence-corrected chi connectivity index (χ3v) is 2.04. The van der Waals surface area contributed by atoms with Crippen molar-refractivity contribution in [2.45, 2.75) is 26.3 Å². The molecular formula is C11H18N2O. The molecule has 0 aliphatic rings. The molecule has 1 aromatic rings. The molecule has 1 rings (SSSR count). The maximum absolute atomic E-state index is 8.58. The highest BCUT2D eigenvalue weighted by Gasteiger charge is 1.93. The number of aliphatic hydroxyl groups is 1. The molecule has 0 radical (unpaired) electrons. The molecule has 78 valence electrons. The Morgan fingerprint density at radius 3 is 3.00 bits per heavy atom. The summed E-state index contributed by atoms with van der Waals surface area (Å²) in [5.74, 6) is 0. The lowest BCUT2D eigenvalue weighted by Gasteiger charge is -2.03. The molecule has 0 bridgehead atoms. The van der Waals surface area contributed by atoms with Gasteiger partial charge in [0.05, 0.1) is 5.69 Å². The number of pyridine rings is 1. The van der Waals surface area contributed by atoms with E-state index in [-0.39, 0.29) is 6.61 Å². The zero-order valence-electron chi connectivity index (χ0n) is 8.66. The van der Waals surface area contributed by atoms with Crippen LogP contribution in [0.25, 0.3) is 0 Å². The summed E-state index contributed by atoms with van der Waals surface area (Å²) in [5, 5.41) is 11.9. The van der Waals surface area contributed by atoms with Gasteiger partial charge in [0.2, 0.25) is 0 Å². The van der Waals surface area contributed by atoms with Crippen LogP contribution >= 0.6 is 0 Å². The van der Waals surface area contributed by atoms with Gasteiger partial charge in [0.1, 0.15) is 0 Å². The van der Waals surface area contributed by atoms with Gasteiger partial charge in [-0.2, -0.15) is 0 Å². The summed E-state index contributed by atoms with van der Waals surface area (Å²) in [6.45, 7) is 4.10. The molecule has 0 saturated heterocycles. The van der Waals surface area contributed by atoms with Crippen LogP contribution in [0.2, 0.25) is 0 Å². The number of unbranched alkanes of at least 4 members (excludes halogenated alkanes) is 1. The molecule has 2 N–H and O–H groups in total. The predicted molar refractivity (Wildman–Crippen MR) is 57.0 cm³/mol. The Bertz CT molecular complexity index is 263. The van der Waals surface area contributed by atoms with E-state index in [0.717, 1.165) is 31.6 Å². The SMILES string of the molecule is Cc1ccnc(CNCCCCO)c1. The average Bonchev–Trinajstić information content (AvgIpc) is 2.18. The Morgan fingerprint density at radius 2 is 2.29 bits per heavy atom. The molecule has 1 heterocycles. The normalized spacial score (nSPS) is 10.4. The van der Waals surface area contributed by atoms with Gasteiger partial charge in [0.25, 0.3) is 0 Å². The van der Waals surface area contributed by atoms with Crippen LogP contribution in [0.1, 0.15) is 24.1 Å². The second-order valence-electron chi connectivity index (χ2n) is 3.43. The molecule has 14 heavy (non-hydrogen) atoms. The van der Waals surface area contributed by atoms with E-state index in [9.17, 15) is 0 Å². The summed E-state index contributed by atoms with van der Waals surface area (Å²) in [6.07, 6.45) is 3.72. The summed E-state index contributed by atoms with van der Waals surface area (Å²) in [7, 11) is 0. The number of aryl methyl sites for hydroxylation is 1. The van der Waals surface area contributed by atoms with Crippen molar-refractivity contribution in [3.8, 4) is 0 Å². The molecular weight excluding hydrogens is 176 g/mol. The van der Waals surface area contributed by atoms with E-state index in [1.165, 1.54) is 5.56 Å². The summed E-state index contributed by atoms with van der Waals surface area (Å²) >= 11 is 0. The zero-order chi connectivity index (χ0) is 10.2. The van der Waals surface area contributed by atoms with Crippen LogP contribution in [0.3, 0.4) is 0 Å². The number of rotatable bonds is 6. The van der Waals surface area contributed by atoms with E-state index in [1.54, 1.807) is 0 Å². The van der Waals surface area contributed by atoms with Gasteiger partial charge < -0.3 is 10.4 Å². The Labute approximate surface area is 85.2 Å². The van der Waals surface area contributed by atoms with E-state index in [4.69, 9.17) is 5.11 Å². The number of aliphatic hydroxyl groups excluding tert-OH is 1. The largest absolute Gasteiger partial charge is 0.396 e. The van der Waals surface area contributed by atoms with Crippen molar-refractivity contribution >= 4 is 0 Å². The fourth-order valence-electron chi connectivity index (χ4n) is 1.27. The van der Waals surface area contributed by atoms with Gasteiger partial charge in [-0.05, 0) is 44.0 Å². The number of hydrogen-bond acceptors (Lipinski definition) is 3. The molecule has 3 nitrogen and oxygen atoms in total. The van der Waals surface area contributed by atoms with Crippen molar-refractivity contribution in [1.82, 2.24) is 10.3 Å². The fourth-order valence-corrected chi connectivity index (χ4v) is 1.27. The second-order valence-corrected chi connectivity index (χ2v) is 3.43. The smallest absolute Gasteiger partial charge is 0.0544 e. The number of hydrogen-bond donors (Lipinski definition) is 2. The van der Waals surface area contributed by atoms with Crippen molar-refractivity contribution in [2.24, 2.45) is 0 Å². The molecule has 1 aromatic heterocycles. The number of nitrogens with zero attached hydrogens (tertiary/aromatic N) is 1. The first-order valence-electron chi connectivity index (χ1n) is 5.06. The van der Waals surface area contributed by atoms with Crippen LogP contribution in [-0.4, -0.2) is 23.2 Å². The first kappa shape index (κ1) is 11.1. The summed E-state index contributed by atoms with van der Waals surface area (Å²) in [5.41, 5.74) is 2.32. The summed E-state index contributed by atoms with van der Waals surface area (Å²) < 4.78 is 0. The van der Waals surface area contributed by atoms with E-state index in [0.29, 0.717) is 0 Å². The third kappa shape index (κ3) is 4.35. The van der Waals surface area contributed by atoms with Crippen molar-refractivity contribution < 1.29 is 5.11 Å². The molecule has 0 amide bonds. The molecule has 0 spiro atoms. The molecule has 0 aliphatic carbocycles. The van der Waals surface area contributed by atoms with Gasteiger partial charge in [-0.3, -0.25) is 4.98 Å². The van der Waals surface area contributed by atoms with E-state index in [1.807, 2.05) is 12.3 Å². The van der Waals surface area contributed by atoms with Crippen LogP contribution in [0.5, 0.6) is 0 Å². The molecule has 0 saturated carbocycles. The third-order valence-electron chi connectivity index (χ3n) is 2.04. The van der Waals surface area contributed by atoms with Gasteiger partial charge in [-0.1, -0.05) is 0 Å². The number of aromatic nitrogens is 1. The summed E-state index contributed by atoms with van der Waals surface area (Å²) in [6, 6.07) is 4.08. The van der Waals surface area contributed by atoms with Crippen LogP contribution in [0.15, 0.2) is 18.3 Å². The number of nitrogens with one attached hydrogen (secondary N) is 1. The molecule has 0 unspecified atom stereocenters. The Morgan fingerprint density at radius 1 is 1.43 bits per heavy atom. The summed E-state index contributed by atoms with van der Waals surface area (Å²) in [4.78, 5) is 4.25. The lowest BCUT2D eigenvalue weighted by Crippen LogP contribution is -2.15. The monoisotopic (exact) mass is 194 g/mol. The van der Waals surface area contributed by atoms with Gasteiger partial charge >= 0.3 is 0 Å². The van der Waals surface area contributed by atoms with Crippen LogP contribution in [0, 0.1) is 6.92 Å². The average molecular weight is 194 g/mol. The van der Waals surface area contributed by atoms with Crippen LogP contribution in [0.4, 0.5) is 0 Å². The van der Waals surface area contributed by atoms with Crippen LogP contribution < -0.4 is 5.32 Å². The molecule has 0 aliphatic heterocycles. The minimum Gasteiger partial charge on any atom is -0.396 e. The second kappa shape index (κ2) is 6.51. The highest BCUT2D eigenvalue weighted by Crippen LogP contribution is 1.99. The first-order valence-corrected chi connectivity index (χ1v) is 5.06. The molecule has 0 aromatic carbocycles. The van der Waals surface area contributed by atoms with E-state index in [2.05, 4.69) is 23.3 Å². The van der Waals surface area contributed by atoms with E-state index >= 15 is 0 Å². The zero-order valence-corrected chi connectivity index (χ0v) is 8.66. The van der Waals surface area contributed by atoms with Gasteiger partial charge in [0.15, 0.2) is 0 Å². The lowest BCUT2D eigenvalue weighted by molar-refractivity contribution is 0.283. The fraction of sp³-hybridized carbons (Fsp3) is 0.545. The minimum atomic E-state index is 0.282. The van der Waals surface area contributed by atoms with Crippen molar-refractivity contribution in [3.63, 3.8) is 0 Å². The Balaban J connectivity index is 2.18. The van der Waals surface area contributed by atoms with Gasteiger partial charge in [-0.25, -0.2) is 0 Å². The first-order chi connectivity index (χ1) is 6.83. The quantitative estimate of drug-likeness (QED) is 0.670. The predicted octanol–water partition coefficient (Wildman–Crippen LogP) is 1.25. The molecule has 3 heteroatoms. The Kier molecular flexibility index (Phi) is 5.19. The maximum Gasteiger partial charge on any atom is 0.0544 e. The van der Waals surface area contributed by atoms with Gasteiger partial charge in [-0.15, -0.1) is 0 Å². The minimum absolute atomic E-state index is 0.282. The molecule has 0 fully saturated rings. The van der Waals surface area contributed by atoms with Crippen molar-refractivity contribution in [1.29, 1.82) is 0 Å². The standard InChI is InChI=1S/C11H18N2O/c1-10-4-6-13-11(8-10)9-12-5-2-3-7-14/h4,6,8,12,14H,2-3,5,7,9H2,1H3. The Hall–Kier alpha value is -0.930. The highest BCUT2D eigenvalue weighted by molar-refractivity contribution is 5.14. The van der Waals surface area contributed by atoms with E-state index < -0.39 is 0 Å². The lowest BCUT2D eigenvalue weighted by atomic mass is 10.2. The molecule has 0 atom stereocenters. The van der Waals surface area contributed by atoms with Crippen molar-refractivity contribution in [3.05, 3.63) is 29.6 Å². The van der Waals surface area contributed by atoms with Crippen molar-refractivity contribution in [2.75, 3.05) is 13.2 Å². The topological polar surface area (TPSA) is 45.2 Å². The highest BCUT2D eigenvalue weighted by atomic mass is 16.2. The van der Waals surface area contributed by atoms with Gasteiger partial charge in [0, 0.05) is 19.3 Å². The maximum atomic E-state index is 8.58. The van der Waals surface area contributed by atoms with Crippen LogP contribution in [-0.2, 0) is 6.54 Å².